The number of hydrogen-bond acceptors (Lipinski definition) is 6. The number of carbonyl (C=O) groups excluding carboxylic acids is 3. The number of aliphatic hydroxyl groups excluding tert-OH is 1. The lowest BCUT2D eigenvalue weighted by Crippen LogP contribution is -2.58. The van der Waals surface area contributed by atoms with E-state index in [1.165, 1.54) is 4.90 Å². The maximum Gasteiger partial charge on any atom is 0.303 e. The molecule has 4 atom stereocenters. The van der Waals surface area contributed by atoms with E-state index in [1.54, 1.807) is 38.1 Å². The van der Waals surface area contributed by atoms with Crippen molar-refractivity contribution in [1.29, 1.82) is 0 Å². The Kier molecular flexibility index (Phi) is 11.9. The van der Waals surface area contributed by atoms with Crippen LogP contribution >= 0.6 is 0 Å². The maximum atomic E-state index is 13.8. The summed E-state index contributed by atoms with van der Waals surface area (Å²) in [4.78, 5) is 52.0. The topological polar surface area (TPSA) is 156 Å². The smallest absolute Gasteiger partial charge is 0.303 e. The van der Waals surface area contributed by atoms with Crippen molar-refractivity contribution in [1.82, 2.24) is 15.5 Å². The molecule has 41 heavy (non-hydrogen) atoms. The van der Waals surface area contributed by atoms with Gasteiger partial charge in [-0.2, -0.15) is 0 Å². The number of rotatable bonds is 13. The van der Waals surface area contributed by atoms with Gasteiger partial charge in [0, 0.05) is 31.4 Å². The summed E-state index contributed by atoms with van der Waals surface area (Å²) in [5.41, 5.74) is -0.755. The maximum absolute atomic E-state index is 13.8. The lowest BCUT2D eigenvalue weighted by molar-refractivity contribution is -0.144. The first-order valence-corrected chi connectivity index (χ1v) is 14.1. The fraction of sp³-hybridized carbons (Fsp3) is 0.613. The zero-order chi connectivity index (χ0) is 31.0. The second kappa shape index (κ2) is 14.5. The van der Waals surface area contributed by atoms with E-state index in [-0.39, 0.29) is 31.7 Å². The van der Waals surface area contributed by atoms with Gasteiger partial charge in [-0.25, -0.2) is 0 Å². The molecule has 1 fully saturated rings. The van der Waals surface area contributed by atoms with E-state index in [0.29, 0.717) is 36.8 Å². The van der Waals surface area contributed by atoms with E-state index >= 15 is 0 Å². The number of benzene rings is 1. The highest BCUT2D eigenvalue weighted by Crippen LogP contribution is 2.29. The molecule has 1 heterocycles. The standard InChI is InChI=1S/C31H45N3O7/c1-7-20-14-16-21(17-15-20)26(31(5,6)41)33-28(39)23-18-22(35)19-34(23)29(40)27(30(2,3)4)32-24(36)12-10-8-9-11-13-25(37)38/h1,14-17,22-23,26-27,35,41H,8-13,18-19H2,2-6H3,(H,32,36)(H,33,39)(H,37,38)/t22-,23+,26+,27-/m1/s1. The summed E-state index contributed by atoms with van der Waals surface area (Å²) in [5, 5.41) is 35.7. The average molecular weight is 572 g/mol. The summed E-state index contributed by atoms with van der Waals surface area (Å²) in [5.74, 6) is 0.378. The molecule has 0 unspecified atom stereocenters. The molecule has 10 nitrogen and oxygen atoms in total. The predicted octanol–water partition coefficient (Wildman–Crippen LogP) is 2.51. The van der Waals surface area contributed by atoms with Crippen molar-refractivity contribution < 1.29 is 34.5 Å². The van der Waals surface area contributed by atoms with Gasteiger partial charge in [-0.1, -0.05) is 51.7 Å². The molecule has 0 aromatic heterocycles. The monoisotopic (exact) mass is 571 g/mol. The molecule has 3 amide bonds. The van der Waals surface area contributed by atoms with Gasteiger partial charge in [-0.15, -0.1) is 6.42 Å². The van der Waals surface area contributed by atoms with E-state index in [0.717, 1.165) is 0 Å². The van der Waals surface area contributed by atoms with Crippen molar-refractivity contribution in [3.63, 3.8) is 0 Å². The van der Waals surface area contributed by atoms with Crippen LogP contribution in [0.25, 0.3) is 0 Å². The molecule has 1 saturated heterocycles. The van der Waals surface area contributed by atoms with Crippen molar-refractivity contribution in [2.24, 2.45) is 5.41 Å². The second-order valence-electron chi connectivity index (χ2n) is 12.4. The molecule has 5 N–H and O–H groups in total. The lowest BCUT2D eigenvalue weighted by atomic mass is 9.85. The number of nitrogens with zero attached hydrogens (tertiary/aromatic N) is 1. The molecular formula is C31H45N3O7. The Bertz CT molecular complexity index is 1110. The number of likely N-dealkylation sites (tertiary alicyclic amines) is 1. The zero-order valence-corrected chi connectivity index (χ0v) is 24.8. The molecule has 2 rings (SSSR count). The first-order chi connectivity index (χ1) is 19.0. The van der Waals surface area contributed by atoms with Gasteiger partial charge in [-0.05, 0) is 49.8 Å². The van der Waals surface area contributed by atoms with Crippen LogP contribution in [0.4, 0.5) is 0 Å². The van der Waals surface area contributed by atoms with Gasteiger partial charge < -0.3 is 30.9 Å². The molecule has 226 valence electrons. The van der Waals surface area contributed by atoms with Crippen LogP contribution in [0.3, 0.4) is 0 Å². The SMILES string of the molecule is C#Cc1ccc([C@H](NC(=O)[C@@H]2C[C@@H](O)CN2C(=O)[C@@H](NC(=O)CCCCCCC(=O)O)C(C)(C)C)C(C)(C)O)cc1. The van der Waals surface area contributed by atoms with Crippen LogP contribution in [0.15, 0.2) is 24.3 Å². The molecule has 0 radical (unpaired) electrons. The number of carboxylic acid groups (broad SMARTS) is 1. The third-order valence-corrected chi connectivity index (χ3v) is 7.23. The Hall–Kier alpha value is -3.42. The Morgan fingerprint density at radius 2 is 1.59 bits per heavy atom. The number of carbonyl (C=O) groups is 4. The van der Waals surface area contributed by atoms with Crippen LogP contribution in [-0.4, -0.2) is 74.2 Å². The van der Waals surface area contributed by atoms with Crippen LogP contribution in [0.1, 0.15) is 96.7 Å². The molecule has 1 aliphatic heterocycles. The van der Waals surface area contributed by atoms with Crippen LogP contribution < -0.4 is 10.6 Å². The van der Waals surface area contributed by atoms with Crippen LogP contribution in [0.2, 0.25) is 0 Å². The number of aliphatic carboxylic acids is 1. The first kappa shape index (κ1) is 33.8. The van der Waals surface area contributed by atoms with Crippen molar-refractivity contribution in [3.05, 3.63) is 35.4 Å². The van der Waals surface area contributed by atoms with Gasteiger partial charge >= 0.3 is 5.97 Å². The van der Waals surface area contributed by atoms with Gasteiger partial charge in [0.15, 0.2) is 0 Å². The number of nitrogens with one attached hydrogen (secondary N) is 2. The third kappa shape index (κ3) is 10.2. The van der Waals surface area contributed by atoms with Gasteiger partial charge in [0.05, 0.1) is 17.7 Å². The second-order valence-corrected chi connectivity index (χ2v) is 12.4. The Morgan fingerprint density at radius 1 is 1.00 bits per heavy atom. The summed E-state index contributed by atoms with van der Waals surface area (Å²) in [6, 6.07) is 4.12. The van der Waals surface area contributed by atoms with Gasteiger partial charge in [0.25, 0.3) is 0 Å². The molecule has 0 spiro atoms. The van der Waals surface area contributed by atoms with Crippen molar-refractivity contribution >= 4 is 23.7 Å². The molecular weight excluding hydrogens is 526 g/mol. The fourth-order valence-corrected chi connectivity index (χ4v) is 4.95. The van der Waals surface area contributed by atoms with E-state index in [2.05, 4.69) is 16.6 Å². The Morgan fingerprint density at radius 3 is 2.10 bits per heavy atom. The minimum Gasteiger partial charge on any atom is -0.481 e. The fourth-order valence-electron chi connectivity index (χ4n) is 4.95. The minimum atomic E-state index is -1.35. The Balaban J connectivity index is 2.15. The number of carboxylic acids is 1. The highest BCUT2D eigenvalue weighted by Gasteiger charge is 2.45. The normalized spacial score (nSPS) is 18.7. The molecule has 0 saturated carbocycles. The summed E-state index contributed by atoms with van der Waals surface area (Å²) in [6.07, 6.45) is 7.32. The van der Waals surface area contributed by atoms with E-state index in [9.17, 15) is 29.4 Å². The lowest BCUT2D eigenvalue weighted by Gasteiger charge is -2.36. The van der Waals surface area contributed by atoms with Crippen molar-refractivity contribution in [2.75, 3.05) is 6.54 Å². The van der Waals surface area contributed by atoms with Gasteiger partial charge in [0.2, 0.25) is 17.7 Å². The molecule has 1 aliphatic rings. The molecule has 1 aromatic rings. The summed E-state index contributed by atoms with van der Waals surface area (Å²) in [6.45, 7) is 8.51. The minimum absolute atomic E-state index is 0.0212. The number of terminal acetylenes is 1. The van der Waals surface area contributed by atoms with Crippen LogP contribution in [0.5, 0.6) is 0 Å². The van der Waals surface area contributed by atoms with E-state index in [4.69, 9.17) is 11.5 Å². The van der Waals surface area contributed by atoms with Crippen molar-refractivity contribution in [3.8, 4) is 12.3 Å². The summed E-state index contributed by atoms with van der Waals surface area (Å²) < 4.78 is 0. The third-order valence-electron chi connectivity index (χ3n) is 7.23. The van der Waals surface area contributed by atoms with Gasteiger partial charge in [-0.3, -0.25) is 19.2 Å². The molecule has 1 aromatic carbocycles. The van der Waals surface area contributed by atoms with Crippen LogP contribution in [-0.2, 0) is 19.2 Å². The van der Waals surface area contributed by atoms with E-state index < -0.39 is 53.0 Å². The Labute approximate surface area is 242 Å². The number of β-amino-alcohol motifs (C(OH)–C–C–N with tert-alkyl or cyclic N) is 1. The summed E-state index contributed by atoms with van der Waals surface area (Å²) in [7, 11) is 0. The molecule has 0 aliphatic carbocycles. The molecule has 0 bridgehead atoms. The quantitative estimate of drug-likeness (QED) is 0.180. The highest BCUT2D eigenvalue weighted by atomic mass is 16.4. The number of amides is 3. The first-order valence-electron chi connectivity index (χ1n) is 14.1. The zero-order valence-electron chi connectivity index (χ0n) is 24.8. The molecule has 10 heteroatoms. The largest absolute Gasteiger partial charge is 0.481 e. The average Bonchev–Trinajstić information content (AvgIpc) is 3.27. The number of hydrogen-bond donors (Lipinski definition) is 5. The van der Waals surface area contributed by atoms with Crippen LogP contribution in [0, 0.1) is 17.8 Å². The summed E-state index contributed by atoms with van der Waals surface area (Å²) >= 11 is 0. The number of unbranched alkanes of at least 4 members (excludes halogenated alkanes) is 3. The number of aliphatic hydroxyl groups is 2. The predicted molar refractivity (Wildman–Crippen MR) is 154 cm³/mol. The van der Waals surface area contributed by atoms with Gasteiger partial charge in [0.1, 0.15) is 12.1 Å². The highest BCUT2D eigenvalue weighted by molar-refractivity contribution is 5.93. The van der Waals surface area contributed by atoms with Crippen molar-refractivity contribution in [2.45, 2.75) is 109 Å². The van der Waals surface area contributed by atoms with E-state index in [1.807, 2.05) is 20.8 Å².